The molecule has 0 aliphatic carbocycles. The van der Waals surface area contributed by atoms with E-state index in [1.54, 1.807) is 18.6 Å². The summed E-state index contributed by atoms with van der Waals surface area (Å²) in [5.74, 6) is 10.2. The minimum absolute atomic E-state index is 0.0896. The number of aryl methyl sites for hydroxylation is 20. The van der Waals surface area contributed by atoms with Crippen LogP contribution in [0.25, 0.3) is 0 Å². The monoisotopic (exact) mass is 1870 g/mol. The van der Waals surface area contributed by atoms with Crippen LogP contribution in [0.1, 0.15) is 243 Å². The van der Waals surface area contributed by atoms with Gasteiger partial charge in [-0.15, -0.1) is 5.10 Å². The van der Waals surface area contributed by atoms with Crippen molar-refractivity contribution in [2.75, 3.05) is 24.5 Å². The number of nitrogens with zero attached hydrogens (tertiary/aromatic N) is 15. The van der Waals surface area contributed by atoms with Crippen LogP contribution in [0.5, 0.6) is 57.6 Å². The van der Waals surface area contributed by atoms with Crippen LogP contribution in [0.2, 0.25) is 0 Å². The second-order valence-corrected chi connectivity index (χ2v) is 43.8. The van der Waals surface area contributed by atoms with Crippen LogP contribution < -0.4 is 48.2 Å². The molecule has 0 fully saturated rings. The summed E-state index contributed by atoms with van der Waals surface area (Å²) < 4.78 is 31.1. The quantitative estimate of drug-likeness (QED) is 0.158. The number of hydrogen-bond donors (Lipinski definition) is 0. The van der Waals surface area contributed by atoms with E-state index in [0.29, 0.717) is 11.6 Å². The highest BCUT2D eigenvalue weighted by Crippen LogP contribution is 2.60. The first-order chi connectivity index (χ1) is 65.8. The third kappa shape index (κ3) is 19.3. The molecule has 5 aliphatic rings. The molecule has 20 nitrogen and oxygen atoms in total. The van der Waals surface area contributed by atoms with Gasteiger partial charge in [0.1, 0.15) is 34.1 Å². The molecule has 12 heterocycles. The lowest BCUT2D eigenvalue weighted by Crippen LogP contribution is -2.21. The van der Waals surface area contributed by atoms with Gasteiger partial charge in [-0.1, -0.05) is 183 Å². The molecule has 0 radical (unpaired) electrons. The van der Waals surface area contributed by atoms with Crippen molar-refractivity contribution in [3.8, 4) is 57.6 Å². The highest BCUT2D eigenvalue weighted by molar-refractivity contribution is 5.94. The van der Waals surface area contributed by atoms with E-state index in [4.69, 9.17) is 33.7 Å². The number of aromatic nitrogens is 10. The lowest BCUT2D eigenvalue weighted by atomic mass is 9.84. The molecule has 0 N–H and O–H groups in total. The SMILES string of the molecule is Cc1ccc2c(c1)N(c1c(C)cc(C(C)(C)C)cc1C)c1cncc(C)c1O2.Cc1ccc2c(c1)N(c1c(C)cc(C(C)(C)C)cc1C)c1nccc(C)c1O2.Cc1ccc2c(c1)Oc1c(C)cnnc1N2c1c(C)cc(C(C)(C)C)cc1C.Cc1ccc2c(n1)Oc1c(cnnc1C)N2c1c(C)cc(C(C)(C)C)cc1C.Cc1cnc2c(c1)Oc1c(cnnc1C)N2c1c(C)cc(C(C)(C)C)cc1C. The zero-order valence-electron chi connectivity index (χ0n) is 88.6. The second-order valence-electron chi connectivity index (χ2n) is 43.8. The zero-order chi connectivity index (χ0) is 101. The summed E-state index contributed by atoms with van der Waals surface area (Å²) in [6, 6.07) is 50.0. The third-order valence-corrected chi connectivity index (χ3v) is 26.6. The van der Waals surface area contributed by atoms with Crippen LogP contribution in [-0.2, 0) is 27.1 Å². The Kier molecular flexibility index (Phi) is 26.4. The summed E-state index contributed by atoms with van der Waals surface area (Å²) in [6.45, 7) is 75.7. The van der Waals surface area contributed by atoms with Gasteiger partial charge in [0.25, 0.3) is 0 Å². The van der Waals surface area contributed by atoms with Crippen LogP contribution in [0.3, 0.4) is 0 Å². The normalized spacial score (nSPS) is 13.0. The smallest absolute Gasteiger partial charge is 0.244 e. The molecule has 15 aromatic rings. The Morgan fingerprint density at radius 1 is 0.229 bits per heavy atom. The van der Waals surface area contributed by atoms with E-state index in [-0.39, 0.29) is 27.1 Å². The summed E-state index contributed by atoms with van der Waals surface area (Å²) in [5, 5.41) is 25.4. The molecule has 20 heteroatoms. The second kappa shape index (κ2) is 37.4. The Bertz CT molecular complexity index is 6720. The molecule has 0 spiro atoms. The molecule has 8 aromatic carbocycles. The van der Waals surface area contributed by atoms with E-state index in [2.05, 4.69) is 387 Å². The van der Waals surface area contributed by atoms with Gasteiger partial charge in [0.2, 0.25) is 11.7 Å². The average molecular weight is 1870 g/mol. The van der Waals surface area contributed by atoms with Crippen LogP contribution in [0.4, 0.5) is 85.7 Å². The standard InChI is InChI=1S/2C25H28N2O.C24H27N3O.2C23H26N4O/c1-15-8-9-22-20(10-15)27(21-14-26-13-18(4)24(21)28-22)23-16(2)11-19(12-17(23)3)25(5,6)7;1-15-8-9-21-20(12-15)27(24-23(28-21)16(2)10-11-26-24)22-17(3)13-19(14-18(22)4)25(5,6)7;1-14-8-9-19-20(10-14)28-22-17(4)13-25-26-23(22)27(19)21-15(2)11-18(12-16(21)3)24(5,6)7;1-13-8-19-22(24-11-13)27(18-12-25-26-16(4)21(18)28-19)20-14(2)9-17(10-15(20)3)23(5,6)7;1-13-10-17(23(5,6)7)11-14(2)20(13)27-18-9-8-15(3)25-22(18)28-21-16(4)26-24-12-19(21)27/h2*8-14H,1-7H3;8-13H,1-7H3;2*8-12H,1-7H3. The first kappa shape index (κ1) is 98.6. The van der Waals surface area contributed by atoms with Crippen molar-refractivity contribution in [2.24, 2.45) is 0 Å². The number of fused-ring (bicyclic) bond motifs is 10. The molecule has 0 atom stereocenters. The van der Waals surface area contributed by atoms with Gasteiger partial charge in [0.05, 0.1) is 70.3 Å². The molecule has 0 saturated carbocycles. The van der Waals surface area contributed by atoms with E-state index >= 15 is 0 Å². The lowest BCUT2D eigenvalue weighted by molar-refractivity contribution is 0.447. The van der Waals surface area contributed by atoms with Crippen LogP contribution in [-0.4, -0.2) is 50.5 Å². The van der Waals surface area contributed by atoms with Crippen molar-refractivity contribution >= 4 is 85.7 Å². The molecule has 0 unspecified atom stereocenters. The van der Waals surface area contributed by atoms with Gasteiger partial charge in [0.15, 0.2) is 63.4 Å². The van der Waals surface area contributed by atoms with E-state index in [0.717, 1.165) is 160 Å². The van der Waals surface area contributed by atoms with Crippen LogP contribution in [0, 0.1) is 138 Å². The van der Waals surface area contributed by atoms with Crippen molar-refractivity contribution in [1.82, 2.24) is 50.5 Å². The van der Waals surface area contributed by atoms with E-state index in [1.165, 1.54) is 112 Å². The topological polar surface area (TPSA) is 191 Å². The van der Waals surface area contributed by atoms with Crippen molar-refractivity contribution in [2.45, 2.75) is 269 Å². The minimum atomic E-state index is 0.0896. The van der Waals surface area contributed by atoms with Gasteiger partial charge in [-0.25, -0.2) is 15.0 Å². The maximum atomic E-state index is 6.29. The Balaban J connectivity index is 0.000000126. The van der Waals surface area contributed by atoms with Gasteiger partial charge in [-0.05, 0) is 337 Å². The first-order valence-electron chi connectivity index (χ1n) is 48.4. The average Bonchev–Trinajstić information content (AvgIpc) is 0.756. The van der Waals surface area contributed by atoms with Gasteiger partial charge >= 0.3 is 0 Å². The summed E-state index contributed by atoms with van der Waals surface area (Å²) in [5.41, 5.74) is 42.1. The lowest BCUT2D eigenvalue weighted by Gasteiger charge is -2.36. The van der Waals surface area contributed by atoms with E-state index in [1.807, 2.05) is 84.5 Å². The van der Waals surface area contributed by atoms with Crippen LogP contribution in [0.15, 0.2) is 183 Å². The van der Waals surface area contributed by atoms with Gasteiger partial charge in [-0.3, -0.25) is 19.7 Å². The Morgan fingerprint density at radius 3 is 1.05 bits per heavy atom. The summed E-state index contributed by atoms with van der Waals surface area (Å²) >= 11 is 0. The number of ether oxygens (including phenoxy) is 5. The molecule has 20 rings (SSSR count). The fourth-order valence-electron chi connectivity index (χ4n) is 19.1. The largest absolute Gasteiger partial charge is 0.453 e. The Hall–Kier alpha value is -14.4. The highest BCUT2D eigenvalue weighted by atomic mass is 16.5. The van der Waals surface area contributed by atoms with Crippen molar-refractivity contribution in [3.63, 3.8) is 0 Å². The van der Waals surface area contributed by atoms with Crippen molar-refractivity contribution in [1.29, 1.82) is 0 Å². The van der Waals surface area contributed by atoms with Gasteiger partial charge in [-0.2, -0.15) is 25.5 Å². The number of pyridine rings is 4. The van der Waals surface area contributed by atoms with Crippen molar-refractivity contribution in [3.05, 3.63) is 322 Å². The van der Waals surface area contributed by atoms with E-state index in [9.17, 15) is 0 Å². The maximum absolute atomic E-state index is 6.29. The highest BCUT2D eigenvalue weighted by Gasteiger charge is 2.39. The zero-order valence-corrected chi connectivity index (χ0v) is 88.6. The predicted octanol–water partition coefficient (Wildman–Crippen LogP) is 32.9. The molecule has 140 heavy (non-hydrogen) atoms. The molecule has 0 saturated heterocycles. The summed E-state index contributed by atoms with van der Waals surface area (Å²) in [7, 11) is 0. The van der Waals surface area contributed by atoms with Gasteiger partial charge in [0, 0.05) is 35.4 Å². The molecule has 5 aliphatic heterocycles. The van der Waals surface area contributed by atoms with Crippen molar-refractivity contribution < 1.29 is 23.7 Å². The number of anilines is 15. The number of hydrogen-bond acceptors (Lipinski definition) is 20. The Morgan fingerprint density at radius 2 is 0.579 bits per heavy atom. The molecule has 720 valence electrons. The first-order valence-corrected chi connectivity index (χ1v) is 48.4. The molecule has 0 amide bonds. The van der Waals surface area contributed by atoms with Gasteiger partial charge < -0.3 is 33.5 Å². The summed E-state index contributed by atoms with van der Waals surface area (Å²) in [6.07, 6.45) is 12.8. The Labute approximate surface area is 828 Å². The molecule has 7 aromatic heterocycles. The van der Waals surface area contributed by atoms with E-state index < -0.39 is 0 Å². The maximum Gasteiger partial charge on any atom is 0.244 e. The third-order valence-electron chi connectivity index (χ3n) is 26.6. The summed E-state index contributed by atoms with van der Waals surface area (Å²) in [4.78, 5) is 29.7. The fraction of sp³-hybridized carbons (Fsp3) is 0.333. The molecule has 0 bridgehead atoms. The predicted molar refractivity (Wildman–Crippen MR) is 572 cm³/mol. The fourth-order valence-corrected chi connectivity index (χ4v) is 19.1. The molecular weight excluding hydrogens is 1730 g/mol. The number of rotatable bonds is 5. The number of benzene rings is 8. The molecular formula is C120H135N15O5. The van der Waals surface area contributed by atoms with Crippen LogP contribution >= 0.6 is 0 Å². The minimum Gasteiger partial charge on any atom is -0.453 e.